The Kier molecular flexibility index (Phi) is 6.57. The summed E-state index contributed by atoms with van der Waals surface area (Å²) in [5, 5.41) is 2.74. The van der Waals surface area contributed by atoms with Gasteiger partial charge in [0.1, 0.15) is 0 Å². The minimum atomic E-state index is -4.07. The van der Waals surface area contributed by atoms with E-state index in [0.717, 1.165) is 18.9 Å². The first-order valence-electron chi connectivity index (χ1n) is 8.12. The molecule has 26 heavy (non-hydrogen) atoms. The third kappa shape index (κ3) is 4.72. The van der Waals surface area contributed by atoms with Crippen LogP contribution in [0.15, 0.2) is 47.4 Å². The van der Waals surface area contributed by atoms with E-state index in [1.54, 1.807) is 12.1 Å². The molecule has 0 atom stereocenters. The van der Waals surface area contributed by atoms with Gasteiger partial charge >= 0.3 is 0 Å². The average Bonchev–Trinajstić information content (AvgIpc) is 2.62. The van der Waals surface area contributed by atoms with E-state index in [9.17, 15) is 17.6 Å². The molecule has 0 heterocycles. The molecule has 2 rings (SSSR count). The third-order valence-electron chi connectivity index (χ3n) is 3.67. The smallest absolute Gasteiger partial charge is 0.262 e. The van der Waals surface area contributed by atoms with Gasteiger partial charge in [-0.25, -0.2) is 12.8 Å². The number of hydrogen-bond acceptors (Lipinski definition) is 4. The molecule has 0 radical (unpaired) electrons. The Bertz CT molecular complexity index is 885. The van der Waals surface area contributed by atoms with Gasteiger partial charge in [0.25, 0.3) is 15.9 Å². The standard InChI is InChI=1S/C18H21FN2O4S/c1-3-4-11-20-18(22)14-7-5-6-8-16(14)21-26(23,24)13-9-10-17(25-2)15(19)12-13/h5-10,12,21H,3-4,11H2,1-2H3,(H,20,22). The number of hydrogen-bond donors (Lipinski definition) is 2. The highest BCUT2D eigenvalue weighted by Gasteiger charge is 2.20. The van der Waals surface area contributed by atoms with Gasteiger partial charge in [-0.15, -0.1) is 0 Å². The second-order valence-electron chi connectivity index (χ2n) is 5.56. The Hall–Kier alpha value is -2.61. The van der Waals surface area contributed by atoms with Gasteiger partial charge in [-0.3, -0.25) is 9.52 Å². The number of amides is 1. The Morgan fingerprint density at radius 3 is 2.58 bits per heavy atom. The summed E-state index contributed by atoms with van der Waals surface area (Å²) < 4.78 is 46.0. The zero-order valence-corrected chi connectivity index (χ0v) is 15.4. The predicted octanol–water partition coefficient (Wildman–Crippen LogP) is 3.17. The van der Waals surface area contributed by atoms with Gasteiger partial charge in [-0.2, -0.15) is 0 Å². The summed E-state index contributed by atoms with van der Waals surface area (Å²) in [6.07, 6.45) is 1.75. The number of para-hydroxylation sites is 1. The van der Waals surface area contributed by atoms with Crippen molar-refractivity contribution in [1.82, 2.24) is 5.32 Å². The Balaban J connectivity index is 2.27. The molecule has 0 unspecified atom stereocenters. The van der Waals surface area contributed by atoms with Crippen molar-refractivity contribution in [2.24, 2.45) is 0 Å². The zero-order valence-electron chi connectivity index (χ0n) is 14.6. The molecule has 140 valence electrons. The summed E-state index contributed by atoms with van der Waals surface area (Å²) in [5.74, 6) is -1.22. The van der Waals surface area contributed by atoms with Gasteiger partial charge in [-0.1, -0.05) is 25.5 Å². The number of unbranched alkanes of at least 4 members (excludes halogenated alkanes) is 1. The second kappa shape index (κ2) is 8.66. The number of carbonyl (C=O) groups is 1. The first-order chi connectivity index (χ1) is 12.4. The molecule has 0 bridgehead atoms. The maximum absolute atomic E-state index is 13.8. The van der Waals surface area contributed by atoms with Crippen molar-refractivity contribution in [1.29, 1.82) is 0 Å². The van der Waals surface area contributed by atoms with Gasteiger partial charge in [0, 0.05) is 6.54 Å². The number of rotatable bonds is 8. The minimum absolute atomic E-state index is 0.0559. The maximum Gasteiger partial charge on any atom is 0.262 e. The summed E-state index contributed by atoms with van der Waals surface area (Å²) in [4.78, 5) is 12.0. The molecule has 0 aromatic heterocycles. The van der Waals surface area contributed by atoms with Gasteiger partial charge in [0.05, 0.1) is 23.3 Å². The van der Waals surface area contributed by atoms with Crippen molar-refractivity contribution in [3.05, 3.63) is 53.8 Å². The van der Waals surface area contributed by atoms with Crippen molar-refractivity contribution in [2.75, 3.05) is 18.4 Å². The lowest BCUT2D eigenvalue weighted by Gasteiger charge is -2.13. The molecule has 0 aliphatic rings. The van der Waals surface area contributed by atoms with E-state index in [4.69, 9.17) is 4.74 Å². The Morgan fingerprint density at radius 2 is 1.92 bits per heavy atom. The lowest BCUT2D eigenvalue weighted by atomic mass is 10.1. The van der Waals surface area contributed by atoms with Gasteiger partial charge in [0.15, 0.2) is 11.6 Å². The number of ether oxygens (including phenoxy) is 1. The van der Waals surface area contributed by atoms with Crippen molar-refractivity contribution < 1.29 is 22.3 Å². The van der Waals surface area contributed by atoms with Crippen molar-refractivity contribution in [2.45, 2.75) is 24.7 Å². The van der Waals surface area contributed by atoms with Crippen molar-refractivity contribution in [3.8, 4) is 5.75 Å². The highest BCUT2D eigenvalue weighted by atomic mass is 32.2. The maximum atomic E-state index is 13.8. The summed E-state index contributed by atoms with van der Waals surface area (Å²) in [7, 11) is -2.78. The number of anilines is 1. The van der Waals surface area contributed by atoms with Gasteiger partial charge in [-0.05, 0) is 36.8 Å². The first-order valence-corrected chi connectivity index (χ1v) is 9.61. The Morgan fingerprint density at radius 1 is 1.19 bits per heavy atom. The molecule has 1 amide bonds. The molecule has 0 spiro atoms. The van der Waals surface area contributed by atoms with Crippen LogP contribution in [0, 0.1) is 5.82 Å². The van der Waals surface area contributed by atoms with E-state index in [0.29, 0.717) is 6.54 Å². The molecule has 2 aromatic rings. The molecule has 6 nitrogen and oxygen atoms in total. The number of carbonyl (C=O) groups excluding carboxylic acids is 1. The number of nitrogens with one attached hydrogen (secondary N) is 2. The van der Waals surface area contributed by atoms with Crippen LogP contribution in [0.2, 0.25) is 0 Å². The van der Waals surface area contributed by atoms with E-state index in [-0.39, 0.29) is 27.8 Å². The van der Waals surface area contributed by atoms with Crippen LogP contribution in [-0.4, -0.2) is 28.0 Å². The van der Waals surface area contributed by atoms with Gasteiger partial charge < -0.3 is 10.1 Å². The van der Waals surface area contributed by atoms with Crippen molar-refractivity contribution >= 4 is 21.6 Å². The molecule has 0 fully saturated rings. The van der Waals surface area contributed by atoms with E-state index in [1.807, 2.05) is 6.92 Å². The summed E-state index contributed by atoms with van der Waals surface area (Å²) >= 11 is 0. The number of methoxy groups -OCH3 is 1. The summed E-state index contributed by atoms with van der Waals surface area (Å²) in [5.41, 5.74) is 0.318. The molecule has 8 heteroatoms. The highest BCUT2D eigenvalue weighted by Crippen LogP contribution is 2.24. The van der Waals surface area contributed by atoms with E-state index >= 15 is 0 Å². The molecule has 2 aromatic carbocycles. The fourth-order valence-electron chi connectivity index (χ4n) is 2.26. The van der Waals surface area contributed by atoms with Crippen LogP contribution in [-0.2, 0) is 10.0 Å². The van der Waals surface area contributed by atoms with Crippen molar-refractivity contribution in [3.63, 3.8) is 0 Å². The molecular formula is C18H21FN2O4S. The van der Waals surface area contributed by atoms with Crippen LogP contribution in [0.3, 0.4) is 0 Å². The zero-order chi connectivity index (χ0) is 19.2. The molecular weight excluding hydrogens is 359 g/mol. The topological polar surface area (TPSA) is 84.5 Å². The molecule has 0 saturated carbocycles. The normalized spacial score (nSPS) is 11.0. The van der Waals surface area contributed by atoms with Crippen LogP contribution >= 0.6 is 0 Å². The predicted molar refractivity (Wildman–Crippen MR) is 97.4 cm³/mol. The number of sulfonamides is 1. The van der Waals surface area contributed by atoms with Crippen LogP contribution < -0.4 is 14.8 Å². The van der Waals surface area contributed by atoms with E-state index in [1.165, 1.54) is 31.4 Å². The fraction of sp³-hybridized carbons (Fsp3) is 0.278. The first kappa shape index (κ1) is 19.7. The third-order valence-corrected chi connectivity index (χ3v) is 5.03. The lowest BCUT2D eigenvalue weighted by molar-refractivity contribution is 0.0954. The Labute approximate surface area is 152 Å². The van der Waals surface area contributed by atoms with E-state index in [2.05, 4.69) is 10.0 Å². The summed E-state index contributed by atoms with van der Waals surface area (Å²) in [6, 6.07) is 9.57. The molecule has 0 saturated heterocycles. The average molecular weight is 380 g/mol. The fourth-order valence-corrected chi connectivity index (χ4v) is 3.35. The molecule has 0 aliphatic carbocycles. The molecule has 2 N–H and O–H groups in total. The largest absolute Gasteiger partial charge is 0.494 e. The number of benzene rings is 2. The van der Waals surface area contributed by atoms with Gasteiger partial charge in [0.2, 0.25) is 0 Å². The van der Waals surface area contributed by atoms with Crippen LogP contribution in [0.1, 0.15) is 30.1 Å². The molecule has 0 aliphatic heterocycles. The quantitative estimate of drug-likeness (QED) is 0.689. The monoisotopic (exact) mass is 380 g/mol. The second-order valence-corrected chi connectivity index (χ2v) is 7.24. The SMILES string of the molecule is CCCCNC(=O)c1ccccc1NS(=O)(=O)c1ccc(OC)c(F)c1. The summed E-state index contributed by atoms with van der Waals surface area (Å²) in [6.45, 7) is 2.50. The van der Waals surface area contributed by atoms with Crippen LogP contribution in [0.25, 0.3) is 0 Å². The van der Waals surface area contributed by atoms with Crippen LogP contribution in [0.4, 0.5) is 10.1 Å². The van der Waals surface area contributed by atoms with E-state index < -0.39 is 15.8 Å². The highest BCUT2D eigenvalue weighted by molar-refractivity contribution is 7.92. The number of halogens is 1. The van der Waals surface area contributed by atoms with Crippen LogP contribution in [0.5, 0.6) is 5.75 Å². The lowest BCUT2D eigenvalue weighted by Crippen LogP contribution is -2.26. The minimum Gasteiger partial charge on any atom is -0.494 e.